The number of hydrogen-bond acceptors (Lipinski definition) is 3. The number of aromatic nitrogens is 2. The molecule has 1 atom stereocenters. The largest absolute Gasteiger partial charge is 0.392 e. The summed E-state index contributed by atoms with van der Waals surface area (Å²) in [5.41, 5.74) is 1.24. The van der Waals surface area contributed by atoms with Gasteiger partial charge >= 0.3 is 0 Å². The SMILES string of the molecule is CC(C)(C)CC(O)CNCc1ccn(C2CCCCC2)n1. The lowest BCUT2D eigenvalue weighted by atomic mass is 9.89. The topological polar surface area (TPSA) is 50.1 Å². The van der Waals surface area contributed by atoms with E-state index in [9.17, 15) is 5.11 Å². The van der Waals surface area contributed by atoms with E-state index in [0.29, 0.717) is 12.6 Å². The minimum atomic E-state index is -0.287. The Hall–Kier alpha value is -0.870. The number of hydrogen-bond donors (Lipinski definition) is 2. The fraction of sp³-hybridized carbons (Fsp3) is 0.824. The van der Waals surface area contributed by atoms with Crippen molar-refractivity contribution >= 4 is 0 Å². The standard InChI is InChI=1S/C17H31N3O/c1-17(2,3)11-16(21)13-18-12-14-9-10-20(19-14)15-7-5-4-6-8-15/h9-10,15-16,18,21H,4-8,11-13H2,1-3H3. The third-order valence-electron chi connectivity index (χ3n) is 4.15. The Morgan fingerprint density at radius 3 is 2.71 bits per heavy atom. The van der Waals surface area contributed by atoms with Crippen molar-refractivity contribution in [3.8, 4) is 0 Å². The monoisotopic (exact) mass is 293 g/mol. The van der Waals surface area contributed by atoms with Crippen LogP contribution in [0, 0.1) is 5.41 Å². The van der Waals surface area contributed by atoms with Crippen LogP contribution < -0.4 is 5.32 Å². The summed E-state index contributed by atoms with van der Waals surface area (Å²) in [6, 6.07) is 2.69. The van der Waals surface area contributed by atoms with Crippen LogP contribution in [0.5, 0.6) is 0 Å². The summed E-state index contributed by atoms with van der Waals surface area (Å²) in [7, 11) is 0. The lowest BCUT2D eigenvalue weighted by molar-refractivity contribution is 0.119. The molecule has 120 valence electrons. The van der Waals surface area contributed by atoms with E-state index < -0.39 is 0 Å². The fourth-order valence-electron chi connectivity index (χ4n) is 3.17. The number of nitrogens with one attached hydrogen (secondary N) is 1. The van der Waals surface area contributed by atoms with Gasteiger partial charge in [-0.3, -0.25) is 4.68 Å². The number of nitrogens with zero attached hydrogens (tertiary/aromatic N) is 2. The van der Waals surface area contributed by atoms with E-state index in [2.05, 4.69) is 48.1 Å². The van der Waals surface area contributed by atoms with Gasteiger partial charge in [-0.2, -0.15) is 5.10 Å². The third-order valence-corrected chi connectivity index (χ3v) is 4.15. The van der Waals surface area contributed by atoms with E-state index in [4.69, 9.17) is 0 Å². The quantitative estimate of drug-likeness (QED) is 0.846. The van der Waals surface area contributed by atoms with Crippen molar-refractivity contribution < 1.29 is 5.11 Å². The van der Waals surface area contributed by atoms with Gasteiger partial charge in [0, 0.05) is 19.3 Å². The van der Waals surface area contributed by atoms with E-state index in [0.717, 1.165) is 18.7 Å². The van der Waals surface area contributed by atoms with Gasteiger partial charge in [0.25, 0.3) is 0 Å². The van der Waals surface area contributed by atoms with Crippen LogP contribution in [0.25, 0.3) is 0 Å². The van der Waals surface area contributed by atoms with Gasteiger partial charge in [-0.1, -0.05) is 40.0 Å². The highest BCUT2D eigenvalue weighted by molar-refractivity contribution is 4.99. The molecule has 0 aromatic carbocycles. The molecular weight excluding hydrogens is 262 g/mol. The Morgan fingerprint density at radius 1 is 1.33 bits per heavy atom. The predicted molar refractivity (Wildman–Crippen MR) is 86.1 cm³/mol. The molecule has 0 bridgehead atoms. The maximum Gasteiger partial charge on any atom is 0.0762 e. The van der Waals surface area contributed by atoms with Gasteiger partial charge in [0.1, 0.15) is 0 Å². The summed E-state index contributed by atoms with van der Waals surface area (Å²) in [4.78, 5) is 0. The van der Waals surface area contributed by atoms with Crippen LogP contribution in [0.15, 0.2) is 12.3 Å². The van der Waals surface area contributed by atoms with Crippen LogP contribution in [-0.2, 0) is 6.54 Å². The molecule has 0 spiro atoms. The van der Waals surface area contributed by atoms with Crippen molar-refractivity contribution in [1.29, 1.82) is 0 Å². The molecule has 1 fully saturated rings. The first-order valence-electron chi connectivity index (χ1n) is 8.37. The Labute approximate surface area is 128 Å². The summed E-state index contributed by atoms with van der Waals surface area (Å²) in [6.45, 7) is 7.83. The molecule has 1 aliphatic carbocycles. The summed E-state index contributed by atoms with van der Waals surface area (Å²) in [6.07, 6.45) is 9.20. The molecular formula is C17H31N3O. The van der Waals surface area contributed by atoms with Gasteiger partial charge < -0.3 is 10.4 Å². The molecule has 2 rings (SSSR count). The second kappa shape index (κ2) is 7.41. The van der Waals surface area contributed by atoms with Crippen LogP contribution in [0.1, 0.15) is 71.0 Å². The molecule has 4 nitrogen and oxygen atoms in total. The minimum absolute atomic E-state index is 0.170. The zero-order valence-electron chi connectivity index (χ0n) is 13.8. The molecule has 4 heteroatoms. The predicted octanol–water partition coefficient (Wildman–Crippen LogP) is 3.28. The van der Waals surface area contributed by atoms with Gasteiger partial charge in [-0.15, -0.1) is 0 Å². The first-order chi connectivity index (χ1) is 9.94. The molecule has 1 saturated carbocycles. The van der Waals surface area contributed by atoms with Gasteiger partial charge in [0.05, 0.1) is 17.8 Å². The van der Waals surface area contributed by atoms with Crippen LogP contribution >= 0.6 is 0 Å². The van der Waals surface area contributed by atoms with Crippen molar-refractivity contribution in [2.75, 3.05) is 6.54 Å². The Balaban J connectivity index is 1.72. The molecule has 1 aromatic rings. The Bertz CT molecular complexity index is 416. The molecule has 21 heavy (non-hydrogen) atoms. The number of aliphatic hydroxyl groups excluding tert-OH is 1. The Kier molecular flexibility index (Phi) is 5.82. The zero-order valence-corrected chi connectivity index (χ0v) is 13.8. The van der Waals surface area contributed by atoms with Crippen LogP contribution in [0.3, 0.4) is 0 Å². The van der Waals surface area contributed by atoms with Crippen LogP contribution in [0.4, 0.5) is 0 Å². The lowest BCUT2D eigenvalue weighted by Crippen LogP contribution is -2.30. The average Bonchev–Trinajstić information content (AvgIpc) is 2.86. The van der Waals surface area contributed by atoms with Crippen molar-refractivity contribution in [2.24, 2.45) is 5.41 Å². The van der Waals surface area contributed by atoms with Crippen molar-refractivity contribution in [2.45, 2.75) is 78.0 Å². The lowest BCUT2D eigenvalue weighted by Gasteiger charge is -2.22. The second-order valence-corrected chi connectivity index (χ2v) is 7.63. The van der Waals surface area contributed by atoms with Crippen molar-refractivity contribution in [3.05, 3.63) is 18.0 Å². The first kappa shape index (κ1) is 16.5. The summed E-state index contributed by atoms with van der Waals surface area (Å²) in [5, 5.41) is 18.0. The van der Waals surface area contributed by atoms with E-state index in [1.54, 1.807) is 0 Å². The highest BCUT2D eigenvalue weighted by Gasteiger charge is 2.17. The maximum atomic E-state index is 9.98. The fourth-order valence-corrected chi connectivity index (χ4v) is 3.17. The minimum Gasteiger partial charge on any atom is -0.392 e. The van der Waals surface area contributed by atoms with E-state index >= 15 is 0 Å². The summed E-state index contributed by atoms with van der Waals surface area (Å²) in [5.74, 6) is 0. The number of rotatable bonds is 6. The van der Waals surface area contributed by atoms with Crippen molar-refractivity contribution in [3.63, 3.8) is 0 Å². The smallest absolute Gasteiger partial charge is 0.0762 e. The molecule has 0 amide bonds. The first-order valence-corrected chi connectivity index (χ1v) is 8.37. The number of aliphatic hydroxyl groups is 1. The molecule has 1 unspecified atom stereocenters. The van der Waals surface area contributed by atoms with E-state index in [-0.39, 0.29) is 11.5 Å². The van der Waals surface area contributed by atoms with Crippen LogP contribution in [-0.4, -0.2) is 27.5 Å². The van der Waals surface area contributed by atoms with Crippen molar-refractivity contribution in [1.82, 2.24) is 15.1 Å². The van der Waals surface area contributed by atoms with Gasteiger partial charge in [0.2, 0.25) is 0 Å². The third kappa shape index (κ3) is 5.79. The van der Waals surface area contributed by atoms with Gasteiger partial charge in [0.15, 0.2) is 0 Å². The zero-order chi connectivity index (χ0) is 15.3. The average molecular weight is 293 g/mol. The molecule has 1 aromatic heterocycles. The second-order valence-electron chi connectivity index (χ2n) is 7.63. The molecule has 2 N–H and O–H groups in total. The molecule has 0 saturated heterocycles. The Morgan fingerprint density at radius 2 is 2.05 bits per heavy atom. The van der Waals surface area contributed by atoms with Crippen LogP contribution in [0.2, 0.25) is 0 Å². The summed E-state index contributed by atoms with van der Waals surface area (Å²) < 4.78 is 2.14. The molecule has 0 radical (unpaired) electrons. The van der Waals surface area contributed by atoms with E-state index in [1.165, 1.54) is 32.1 Å². The highest BCUT2D eigenvalue weighted by atomic mass is 16.3. The highest BCUT2D eigenvalue weighted by Crippen LogP contribution is 2.27. The maximum absolute atomic E-state index is 9.98. The normalized spacial score (nSPS) is 18.9. The van der Waals surface area contributed by atoms with Gasteiger partial charge in [-0.05, 0) is 30.7 Å². The molecule has 0 aliphatic heterocycles. The molecule has 1 heterocycles. The molecule has 1 aliphatic rings. The van der Waals surface area contributed by atoms with E-state index in [1.807, 2.05) is 0 Å². The summed E-state index contributed by atoms with van der Waals surface area (Å²) >= 11 is 0. The van der Waals surface area contributed by atoms with Gasteiger partial charge in [-0.25, -0.2) is 0 Å².